The molecule has 0 aromatic heterocycles. The molecule has 2 atom stereocenters. The van der Waals surface area contributed by atoms with Crippen LogP contribution in [0.25, 0.3) is 0 Å². The molecule has 2 unspecified atom stereocenters. The molecule has 20 heavy (non-hydrogen) atoms. The molecule has 0 heterocycles. The quantitative estimate of drug-likeness (QED) is 0.695. The maximum atomic E-state index is 12.4. The molecule has 3 heteroatoms. The third kappa shape index (κ3) is 3.72. The van der Waals surface area contributed by atoms with E-state index in [2.05, 4.69) is 28.1 Å². The van der Waals surface area contributed by atoms with Gasteiger partial charge in [-0.2, -0.15) is 0 Å². The summed E-state index contributed by atoms with van der Waals surface area (Å²) in [7, 11) is 1.61. The summed E-state index contributed by atoms with van der Waals surface area (Å²) in [5, 5.41) is 0. The average molecular weight is 339 g/mol. The smallest absolute Gasteiger partial charge is 0.180 e. The number of carbonyl (C=O) groups is 1. The number of fused-ring (bicyclic) bond motifs is 1. The third-order valence-corrected chi connectivity index (χ3v) is 3.71. The minimum absolute atomic E-state index is 0.0859. The van der Waals surface area contributed by atoms with Crippen molar-refractivity contribution in [2.24, 2.45) is 5.92 Å². The maximum absolute atomic E-state index is 12.4. The molecule has 0 N–H and O–H groups in total. The number of allylic oxidation sites excluding steroid dienone is 7. The van der Waals surface area contributed by atoms with Crippen LogP contribution in [0.3, 0.4) is 0 Å². The molecule has 0 saturated heterocycles. The number of halogens is 1. The van der Waals surface area contributed by atoms with Crippen LogP contribution in [-0.4, -0.2) is 17.7 Å². The van der Waals surface area contributed by atoms with Crippen molar-refractivity contribution in [2.75, 3.05) is 7.11 Å². The molecule has 0 saturated carbocycles. The third-order valence-electron chi connectivity index (χ3n) is 3.30. The lowest BCUT2D eigenvalue weighted by atomic mass is 9.82. The van der Waals surface area contributed by atoms with Gasteiger partial charge < -0.3 is 4.74 Å². The van der Waals surface area contributed by atoms with E-state index < -0.39 is 0 Å². The van der Waals surface area contributed by atoms with Gasteiger partial charge in [-0.25, -0.2) is 0 Å². The van der Waals surface area contributed by atoms with Gasteiger partial charge in [0, 0.05) is 5.92 Å². The van der Waals surface area contributed by atoms with Gasteiger partial charge in [-0.3, -0.25) is 4.79 Å². The van der Waals surface area contributed by atoms with Crippen molar-refractivity contribution in [2.45, 2.75) is 38.4 Å². The molecule has 0 bridgehead atoms. The second-order valence-corrected chi connectivity index (χ2v) is 5.89. The molecule has 0 fully saturated rings. The molecular weight excluding hydrogens is 316 g/mol. The van der Waals surface area contributed by atoms with Gasteiger partial charge in [-0.1, -0.05) is 54.1 Å². The number of Topliss-reactive ketones (excluding diaryl/α,β-unsaturated/α-hetero) is 1. The lowest BCUT2D eigenvalue weighted by molar-refractivity contribution is -0.114. The van der Waals surface area contributed by atoms with Crippen molar-refractivity contribution in [1.82, 2.24) is 0 Å². The standard InChI is InChI=1S/C15H17BrO2.C2H6/c1-10(16)15(17)14-12-7-5-3-4-6-11(12)8-9-13(14)18-2;1-2/h3,5,7-11H,4,6H2,1-2H3;1-2H3. The average Bonchev–Trinajstić information content (AvgIpc) is 2.72. The lowest BCUT2D eigenvalue weighted by Crippen LogP contribution is -2.21. The van der Waals surface area contributed by atoms with E-state index in [0.29, 0.717) is 11.7 Å². The fourth-order valence-corrected chi connectivity index (χ4v) is 2.58. The Labute approximate surface area is 130 Å². The van der Waals surface area contributed by atoms with Gasteiger partial charge in [0.2, 0.25) is 0 Å². The fourth-order valence-electron chi connectivity index (χ4n) is 2.35. The van der Waals surface area contributed by atoms with Crippen LogP contribution in [0.5, 0.6) is 0 Å². The Balaban J connectivity index is 0.000000956. The van der Waals surface area contributed by atoms with Crippen LogP contribution in [-0.2, 0) is 9.53 Å². The molecule has 2 aliphatic carbocycles. The zero-order valence-corrected chi connectivity index (χ0v) is 14.2. The van der Waals surface area contributed by atoms with Gasteiger partial charge in [-0.05, 0) is 31.4 Å². The predicted molar refractivity (Wildman–Crippen MR) is 87.9 cm³/mol. The van der Waals surface area contributed by atoms with E-state index in [1.807, 2.05) is 39.0 Å². The molecular formula is C17H23BrO2. The number of hydrogen-bond acceptors (Lipinski definition) is 2. The van der Waals surface area contributed by atoms with Crippen molar-refractivity contribution in [3.63, 3.8) is 0 Å². The lowest BCUT2D eigenvalue weighted by Gasteiger charge is -2.24. The van der Waals surface area contributed by atoms with E-state index in [1.165, 1.54) is 0 Å². The molecule has 2 rings (SSSR count). The Kier molecular flexibility index (Phi) is 7.00. The Morgan fingerprint density at radius 1 is 1.45 bits per heavy atom. The summed E-state index contributed by atoms with van der Waals surface area (Å²) in [6, 6.07) is 0. The van der Waals surface area contributed by atoms with E-state index in [4.69, 9.17) is 4.74 Å². The monoisotopic (exact) mass is 338 g/mol. The summed E-state index contributed by atoms with van der Waals surface area (Å²) in [5.41, 5.74) is 1.81. The highest BCUT2D eigenvalue weighted by molar-refractivity contribution is 9.10. The topological polar surface area (TPSA) is 26.3 Å². The molecule has 110 valence electrons. The predicted octanol–water partition coefficient (Wildman–Crippen LogP) is 4.73. The minimum Gasteiger partial charge on any atom is -0.496 e. The summed E-state index contributed by atoms with van der Waals surface area (Å²) >= 11 is 3.36. The minimum atomic E-state index is -0.196. The molecule has 0 spiro atoms. The number of ketones is 1. The van der Waals surface area contributed by atoms with Crippen molar-refractivity contribution >= 4 is 21.7 Å². The van der Waals surface area contributed by atoms with Crippen LogP contribution in [0.15, 0.2) is 47.3 Å². The van der Waals surface area contributed by atoms with Crippen molar-refractivity contribution in [3.05, 3.63) is 47.3 Å². The maximum Gasteiger partial charge on any atom is 0.180 e. The largest absolute Gasteiger partial charge is 0.496 e. The summed E-state index contributed by atoms with van der Waals surface area (Å²) in [4.78, 5) is 12.2. The van der Waals surface area contributed by atoms with Crippen LogP contribution < -0.4 is 0 Å². The van der Waals surface area contributed by atoms with E-state index >= 15 is 0 Å². The van der Waals surface area contributed by atoms with Crippen LogP contribution in [0.2, 0.25) is 0 Å². The van der Waals surface area contributed by atoms with Crippen LogP contribution in [0.4, 0.5) is 0 Å². The molecule has 0 amide bonds. The summed E-state index contributed by atoms with van der Waals surface area (Å²) in [6.07, 6.45) is 12.4. The van der Waals surface area contributed by atoms with Crippen molar-refractivity contribution < 1.29 is 9.53 Å². The number of rotatable bonds is 3. The SMILES string of the molecule is CC.COC1=C(C(=O)C(C)Br)C2=CC=CCCC2C=C1. The van der Waals surface area contributed by atoms with Crippen LogP contribution in [0.1, 0.15) is 33.6 Å². The molecule has 0 aliphatic heterocycles. The van der Waals surface area contributed by atoms with Gasteiger partial charge in [0.25, 0.3) is 0 Å². The molecule has 2 nitrogen and oxygen atoms in total. The first-order chi connectivity index (χ1) is 9.65. The number of carbonyl (C=O) groups excluding carboxylic acids is 1. The summed E-state index contributed by atoms with van der Waals surface area (Å²) in [6.45, 7) is 5.85. The number of alkyl halides is 1. The highest BCUT2D eigenvalue weighted by Crippen LogP contribution is 2.35. The first kappa shape index (κ1) is 17.0. The van der Waals surface area contributed by atoms with Gasteiger partial charge in [0.15, 0.2) is 5.78 Å². The van der Waals surface area contributed by atoms with Gasteiger partial charge in [0.1, 0.15) is 5.76 Å². The Hall–Kier alpha value is -1.09. The zero-order valence-electron chi connectivity index (χ0n) is 12.7. The first-order valence-corrected chi connectivity index (χ1v) is 8.08. The normalized spacial score (nSPS) is 22.1. The van der Waals surface area contributed by atoms with Crippen LogP contribution >= 0.6 is 15.9 Å². The number of hydrogen-bond donors (Lipinski definition) is 0. The summed E-state index contributed by atoms with van der Waals surface area (Å²) < 4.78 is 5.35. The molecule has 0 aromatic rings. The second kappa shape index (κ2) is 8.25. The number of ether oxygens (including phenoxy) is 1. The van der Waals surface area contributed by atoms with E-state index in [-0.39, 0.29) is 10.6 Å². The highest BCUT2D eigenvalue weighted by atomic mass is 79.9. The Morgan fingerprint density at radius 2 is 2.15 bits per heavy atom. The highest BCUT2D eigenvalue weighted by Gasteiger charge is 2.29. The van der Waals surface area contributed by atoms with Crippen molar-refractivity contribution in [1.29, 1.82) is 0 Å². The molecule has 0 radical (unpaired) electrons. The molecule has 2 aliphatic rings. The fraction of sp³-hybridized carbons (Fsp3) is 0.471. The van der Waals surface area contributed by atoms with Crippen LogP contribution in [0, 0.1) is 5.92 Å². The van der Waals surface area contributed by atoms with Gasteiger partial charge >= 0.3 is 0 Å². The Bertz CT molecular complexity index is 467. The zero-order chi connectivity index (χ0) is 15.1. The molecule has 0 aromatic carbocycles. The second-order valence-electron chi connectivity index (χ2n) is 4.52. The van der Waals surface area contributed by atoms with Gasteiger partial charge in [0.05, 0.1) is 17.5 Å². The van der Waals surface area contributed by atoms with E-state index in [9.17, 15) is 4.79 Å². The number of methoxy groups -OCH3 is 1. The summed E-state index contributed by atoms with van der Waals surface area (Å²) in [5.74, 6) is 1.08. The van der Waals surface area contributed by atoms with E-state index in [0.717, 1.165) is 24.0 Å². The van der Waals surface area contributed by atoms with E-state index in [1.54, 1.807) is 7.11 Å². The Morgan fingerprint density at radius 3 is 2.75 bits per heavy atom. The first-order valence-electron chi connectivity index (χ1n) is 7.17. The van der Waals surface area contributed by atoms with Gasteiger partial charge in [-0.15, -0.1) is 0 Å². The van der Waals surface area contributed by atoms with Crippen molar-refractivity contribution in [3.8, 4) is 0 Å².